The molecule has 1 fully saturated rings. The van der Waals surface area contributed by atoms with Crippen LogP contribution in [0.5, 0.6) is 0 Å². The molecule has 6 heteroatoms. The number of carbonyl (C=O) groups excluding carboxylic acids is 1. The molecule has 0 radical (unpaired) electrons. The molecule has 0 spiro atoms. The predicted molar refractivity (Wildman–Crippen MR) is 60.9 cm³/mol. The number of rotatable bonds is 2. The van der Waals surface area contributed by atoms with Gasteiger partial charge in [-0.2, -0.15) is 0 Å². The molecule has 1 rings (SSSR count). The van der Waals surface area contributed by atoms with E-state index in [9.17, 15) is 13.2 Å². The van der Waals surface area contributed by atoms with Gasteiger partial charge in [-0.25, -0.2) is 8.42 Å². The van der Waals surface area contributed by atoms with Gasteiger partial charge in [0, 0.05) is 12.8 Å². The lowest BCUT2D eigenvalue weighted by atomic mass is 10.2. The Morgan fingerprint density at radius 3 is 2.31 bits per heavy atom. The Morgan fingerprint density at radius 1 is 1.38 bits per heavy atom. The summed E-state index contributed by atoms with van der Waals surface area (Å²) in [5.74, 6) is -0.376. The van der Waals surface area contributed by atoms with E-state index in [0.29, 0.717) is 13.0 Å². The Labute approximate surface area is 96.5 Å². The average Bonchev–Trinajstić information content (AvgIpc) is 2.46. The smallest absolute Gasteiger partial charge is 0.323 e. The standard InChI is InChI=1S/C10H19NO4S/c1-10(2,3)15-9(12)8-5-7(6-11-8)16(4,13)14/h7-8,11H,5-6H2,1-4H3/t7-,8+/m0/s1. The van der Waals surface area contributed by atoms with Crippen LogP contribution in [0.1, 0.15) is 27.2 Å². The summed E-state index contributed by atoms with van der Waals surface area (Å²) < 4.78 is 27.8. The van der Waals surface area contributed by atoms with Gasteiger partial charge < -0.3 is 10.1 Å². The fraction of sp³-hybridized carbons (Fsp3) is 0.900. The first-order valence-corrected chi connectivity index (χ1v) is 7.20. The summed E-state index contributed by atoms with van der Waals surface area (Å²) >= 11 is 0. The Morgan fingerprint density at radius 2 is 1.94 bits per heavy atom. The Kier molecular flexibility index (Phi) is 3.64. The summed E-state index contributed by atoms with van der Waals surface area (Å²) in [4.78, 5) is 11.7. The van der Waals surface area contributed by atoms with E-state index in [1.165, 1.54) is 6.26 Å². The zero-order valence-electron chi connectivity index (χ0n) is 10.1. The second kappa shape index (κ2) is 4.33. The van der Waals surface area contributed by atoms with Crippen molar-refractivity contribution >= 4 is 15.8 Å². The lowest BCUT2D eigenvalue weighted by Gasteiger charge is -2.22. The predicted octanol–water partition coefficient (Wildman–Crippen LogP) is 0.103. The molecule has 0 saturated carbocycles. The van der Waals surface area contributed by atoms with E-state index in [4.69, 9.17) is 4.74 Å². The summed E-state index contributed by atoms with van der Waals surface area (Å²) in [6.45, 7) is 5.68. The number of hydrogen-bond acceptors (Lipinski definition) is 5. The Bertz CT molecular complexity index is 369. The normalized spacial score (nSPS) is 26.8. The number of esters is 1. The number of ether oxygens (including phenoxy) is 1. The topological polar surface area (TPSA) is 72.5 Å². The molecule has 0 aliphatic carbocycles. The first-order chi connectivity index (χ1) is 7.09. The number of sulfone groups is 1. The van der Waals surface area contributed by atoms with E-state index >= 15 is 0 Å². The first-order valence-electron chi connectivity index (χ1n) is 5.25. The van der Waals surface area contributed by atoms with Crippen LogP contribution in [0, 0.1) is 0 Å². The van der Waals surface area contributed by atoms with Crippen molar-refractivity contribution in [2.45, 2.75) is 44.1 Å². The molecule has 0 aromatic heterocycles. The lowest BCUT2D eigenvalue weighted by Crippen LogP contribution is -2.37. The van der Waals surface area contributed by atoms with Crippen molar-refractivity contribution in [3.63, 3.8) is 0 Å². The largest absolute Gasteiger partial charge is 0.459 e. The maximum atomic E-state index is 11.7. The number of hydrogen-bond donors (Lipinski definition) is 1. The molecule has 0 unspecified atom stereocenters. The van der Waals surface area contributed by atoms with E-state index in [1.807, 2.05) is 0 Å². The third-order valence-electron chi connectivity index (χ3n) is 2.39. The second-order valence-corrected chi connectivity index (χ2v) is 7.51. The van der Waals surface area contributed by atoms with Gasteiger partial charge in [0.05, 0.1) is 5.25 Å². The summed E-state index contributed by atoms with van der Waals surface area (Å²) in [5, 5.41) is 2.40. The maximum absolute atomic E-state index is 11.7. The van der Waals surface area contributed by atoms with E-state index in [1.54, 1.807) is 20.8 Å². The lowest BCUT2D eigenvalue weighted by molar-refractivity contribution is -0.156. The Balaban J connectivity index is 2.57. The molecule has 0 amide bonds. The van der Waals surface area contributed by atoms with E-state index in [-0.39, 0.29) is 5.97 Å². The van der Waals surface area contributed by atoms with Crippen molar-refractivity contribution in [3.05, 3.63) is 0 Å². The van der Waals surface area contributed by atoms with Crippen LogP contribution < -0.4 is 5.32 Å². The molecular weight excluding hydrogens is 230 g/mol. The number of nitrogens with one attached hydrogen (secondary N) is 1. The highest BCUT2D eigenvalue weighted by molar-refractivity contribution is 7.91. The SMILES string of the molecule is CC(C)(C)OC(=O)[C@H]1C[C@H](S(C)(=O)=O)CN1. The van der Waals surface area contributed by atoms with Crippen molar-refractivity contribution in [1.29, 1.82) is 0 Å². The van der Waals surface area contributed by atoms with Gasteiger partial charge in [-0.3, -0.25) is 4.79 Å². The minimum atomic E-state index is -3.08. The van der Waals surface area contributed by atoms with Gasteiger partial charge in [0.15, 0.2) is 9.84 Å². The molecule has 1 heterocycles. The fourth-order valence-corrected chi connectivity index (χ4v) is 2.52. The minimum absolute atomic E-state index is 0.299. The van der Waals surface area contributed by atoms with Crippen LogP contribution in [0.2, 0.25) is 0 Å². The monoisotopic (exact) mass is 249 g/mol. The molecule has 1 aliphatic rings. The van der Waals surface area contributed by atoms with Crippen molar-refractivity contribution in [2.24, 2.45) is 0 Å². The van der Waals surface area contributed by atoms with Crippen LogP contribution in [0.3, 0.4) is 0 Å². The zero-order valence-corrected chi connectivity index (χ0v) is 10.9. The first kappa shape index (κ1) is 13.4. The number of carbonyl (C=O) groups is 1. The third-order valence-corrected chi connectivity index (χ3v) is 3.96. The molecule has 1 aliphatic heterocycles. The van der Waals surface area contributed by atoms with E-state index < -0.39 is 26.7 Å². The minimum Gasteiger partial charge on any atom is -0.459 e. The highest BCUT2D eigenvalue weighted by Gasteiger charge is 2.36. The van der Waals surface area contributed by atoms with Gasteiger partial charge in [-0.1, -0.05) is 0 Å². The molecule has 0 aromatic carbocycles. The molecular formula is C10H19NO4S. The molecule has 2 atom stereocenters. The van der Waals surface area contributed by atoms with Crippen LogP contribution in [0.25, 0.3) is 0 Å². The van der Waals surface area contributed by atoms with Gasteiger partial charge in [-0.15, -0.1) is 0 Å². The van der Waals surface area contributed by atoms with E-state index in [2.05, 4.69) is 5.32 Å². The molecule has 16 heavy (non-hydrogen) atoms. The average molecular weight is 249 g/mol. The summed E-state index contributed by atoms with van der Waals surface area (Å²) in [5.41, 5.74) is -0.540. The zero-order chi connectivity index (χ0) is 12.6. The highest BCUT2D eigenvalue weighted by Crippen LogP contribution is 2.17. The van der Waals surface area contributed by atoms with Crippen LogP contribution >= 0.6 is 0 Å². The van der Waals surface area contributed by atoms with Crippen molar-refractivity contribution in [1.82, 2.24) is 5.32 Å². The summed E-state index contributed by atoms with van der Waals surface area (Å²) in [6, 6.07) is -0.501. The summed E-state index contributed by atoms with van der Waals surface area (Å²) in [7, 11) is -3.08. The fourth-order valence-electron chi connectivity index (χ4n) is 1.58. The van der Waals surface area contributed by atoms with Crippen LogP contribution in [-0.4, -0.2) is 44.1 Å². The highest BCUT2D eigenvalue weighted by atomic mass is 32.2. The molecule has 0 bridgehead atoms. The molecule has 5 nitrogen and oxygen atoms in total. The quantitative estimate of drug-likeness (QED) is 0.703. The van der Waals surface area contributed by atoms with Gasteiger partial charge in [0.25, 0.3) is 0 Å². The van der Waals surface area contributed by atoms with Gasteiger partial charge in [0.2, 0.25) is 0 Å². The van der Waals surface area contributed by atoms with Crippen LogP contribution in [-0.2, 0) is 19.4 Å². The third kappa shape index (κ3) is 3.75. The molecule has 0 aromatic rings. The van der Waals surface area contributed by atoms with E-state index in [0.717, 1.165) is 0 Å². The van der Waals surface area contributed by atoms with Crippen molar-refractivity contribution in [2.75, 3.05) is 12.8 Å². The molecule has 94 valence electrons. The van der Waals surface area contributed by atoms with Crippen molar-refractivity contribution < 1.29 is 17.9 Å². The van der Waals surface area contributed by atoms with Crippen LogP contribution in [0.4, 0.5) is 0 Å². The molecule has 1 saturated heterocycles. The van der Waals surface area contributed by atoms with Crippen molar-refractivity contribution in [3.8, 4) is 0 Å². The Hall–Kier alpha value is -0.620. The van der Waals surface area contributed by atoms with Gasteiger partial charge in [0.1, 0.15) is 11.6 Å². The maximum Gasteiger partial charge on any atom is 0.323 e. The van der Waals surface area contributed by atoms with Gasteiger partial charge >= 0.3 is 5.97 Å². The van der Waals surface area contributed by atoms with Crippen LogP contribution in [0.15, 0.2) is 0 Å². The van der Waals surface area contributed by atoms with Gasteiger partial charge in [-0.05, 0) is 27.2 Å². The second-order valence-electron chi connectivity index (χ2n) is 5.18. The molecule has 1 N–H and O–H groups in total. The summed E-state index contributed by atoms with van der Waals surface area (Å²) in [6.07, 6.45) is 1.49.